The van der Waals surface area contributed by atoms with E-state index in [4.69, 9.17) is 18.9 Å². The number of aromatic nitrogens is 4. The molecule has 0 bridgehead atoms. The molecule has 2 aromatic carbocycles. The summed E-state index contributed by atoms with van der Waals surface area (Å²) in [6.07, 6.45) is 7.72. The lowest BCUT2D eigenvalue weighted by molar-refractivity contribution is -0.136. The number of fused-ring (bicyclic) bond motifs is 4. The molecule has 58 heavy (non-hydrogen) atoms. The molecule has 1 aliphatic carbocycles. The lowest BCUT2D eigenvalue weighted by atomic mass is 9.92. The van der Waals surface area contributed by atoms with E-state index in [9.17, 15) is 14.4 Å². The Morgan fingerprint density at radius 3 is 2.57 bits per heavy atom. The highest BCUT2D eigenvalue weighted by molar-refractivity contribution is 6.08. The summed E-state index contributed by atoms with van der Waals surface area (Å²) in [6, 6.07) is 20.8. The van der Waals surface area contributed by atoms with Crippen molar-refractivity contribution in [3.63, 3.8) is 0 Å². The number of amides is 3. The normalized spacial score (nSPS) is 18.7. The van der Waals surface area contributed by atoms with Crippen LogP contribution in [0.5, 0.6) is 17.4 Å². The molecular weight excluding hydrogens is 737 g/mol. The zero-order valence-corrected chi connectivity index (χ0v) is 32.1. The van der Waals surface area contributed by atoms with Gasteiger partial charge in [-0.3, -0.25) is 24.7 Å². The summed E-state index contributed by atoms with van der Waals surface area (Å²) in [6.45, 7) is 3.03. The fourth-order valence-electron chi connectivity index (χ4n) is 7.77. The largest absolute Gasteiger partial charge is 0.491 e. The van der Waals surface area contributed by atoms with Crippen LogP contribution in [0.4, 0.5) is 0 Å². The van der Waals surface area contributed by atoms with E-state index in [1.54, 1.807) is 12.1 Å². The molecule has 1 unspecified atom stereocenters. The first-order valence-corrected chi connectivity index (χ1v) is 19.3. The van der Waals surface area contributed by atoms with Gasteiger partial charge in [0.25, 0.3) is 5.91 Å². The average Bonchev–Trinajstić information content (AvgIpc) is 3.69. The van der Waals surface area contributed by atoms with Crippen LogP contribution in [0.1, 0.15) is 53.0 Å². The van der Waals surface area contributed by atoms with Gasteiger partial charge >= 0.3 is 0 Å². The van der Waals surface area contributed by atoms with Crippen molar-refractivity contribution in [2.75, 3.05) is 19.8 Å². The Balaban J connectivity index is 0.691. The van der Waals surface area contributed by atoms with Gasteiger partial charge in [-0.25, -0.2) is 9.97 Å². The minimum atomic E-state index is -0.651. The number of carbonyl (C=O) groups is 3. The Labute approximate surface area is 334 Å². The van der Waals surface area contributed by atoms with Crippen molar-refractivity contribution >= 4 is 39.5 Å². The highest BCUT2D eigenvalue weighted by atomic mass is 16.5. The Morgan fingerprint density at radius 1 is 0.879 bits per heavy atom. The lowest BCUT2D eigenvalue weighted by Gasteiger charge is -2.35. The second-order valence-corrected chi connectivity index (χ2v) is 14.7. The van der Waals surface area contributed by atoms with Gasteiger partial charge in [-0.1, -0.05) is 18.1 Å². The van der Waals surface area contributed by atoms with Gasteiger partial charge in [0.1, 0.15) is 48.7 Å². The molecule has 292 valence electrons. The van der Waals surface area contributed by atoms with Crippen LogP contribution in [0.25, 0.3) is 32.9 Å². The molecule has 3 aliphatic rings. The van der Waals surface area contributed by atoms with Crippen LogP contribution in [-0.4, -0.2) is 80.2 Å². The third-order valence-corrected chi connectivity index (χ3v) is 10.9. The number of benzene rings is 2. The van der Waals surface area contributed by atoms with Gasteiger partial charge in [-0.15, -0.1) is 0 Å². The molecule has 0 spiro atoms. The number of nitrogens with zero attached hydrogens (tertiary/aromatic N) is 5. The fraction of sp³-hybridized carbons (Fsp3) is 0.289. The third kappa shape index (κ3) is 7.42. The van der Waals surface area contributed by atoms with E-state index in [-0.39, 0.29) is 37.0 Å². The van der Waals surface area contributed by atoms with Gasteiger partial charge in [0, 0.05) is 84.9 Å². The third-order valence-electron chi connectivity index (χ3n) is 10.9. The van der Waals surface area contributed by atoms with Crippen LogP contribution in [0.2, 0.25) is 0 Å². The quantitative estimate of drug-likeness (QED) is 0.0990. The van der Waals surface area contributed by atoms with E-state index < -0.39 is 11.9 Å². The molecule has 6 heterocycles. The molecule has 3 amide bonds. The van der Waals surface area contributed by atoms with Crippen molar-refractivity contribution in [2.24, 2.45) is 7.05 Å². The number of imide groups is 1. The fourth-order valence-corrected chi connectivity index (χ4v) is 7.77. The van der Waals surface area contributed by atoms with Crippen LogP contribution in [-0.2, 0) is 27.9 Å². The van der Waals surface area contributed by atoms with Gasteiger partial charge in [0.2, 0.25) is 17.7 Å². The first kappa shape index (κ1) is 36.8. The Hall–Kier alpha value is -6.78. The molecule has 0 radical (unpaired) electrons. The second kappa shape index (κ2) is 15.6. The molecule has 9 rings (SSSR count). The Kier molecular flexibility index (Phi) is 9.93. The number of piperidine rings is 1. The Bertz CT molecular complexity index is 2640. The van der Waals surface area contributed by atoms with Crippen molar-refractivity contribution in [1.82, 2.24) is 29.7 Å². The number of carbonyl (C=O) groups excluding carboxylic acids is 3. The maximum Gasteiger partial charge on any atom is 0.255 e. The maximum atomic E-state index is 12.9. The van der Waals surface area contributed by atoms with Gasteiger partial charge in [0.05, 0.1) is 17.8 Å². The SMILES string of the molecule is Cc1nc(C#CCOCCOc2ccc3c(c2)CN(C2CCC(=O)NC2=O)C3=O)ccc1O[C@H]1C[C@H](Oc2ccc(-c3ccc4c5cnccc5n(C)c4c3)cn2)C1. The van der Waals surface area contributed by atoms with Gasteiger partial charge in [-0.2, -0.15) is 0 Å². The molecule has 6 aromatic rings. The van der Waals surface area contributed by atoms with Crippen LogP contribution in [0.15, 0.2) is 85.3 Å². The summed E-state index contributed by atoms with van der Waals surface area (Å²) >= 11 is 0. The molecule has 1 atom stereocenters. The van der Waals surface area contributed by atoms with Crippen LogP contribution < -0.4 is 19.5 Å². The number of ether oxygens (including phenoxy) is 4. The Morgan fingerprint density at radius 2 is 1.74 bits per heavy atom. The van der Waals surface area contributed by atoms with Gasteiger partial charge in [-0.05, 0) is 78.9 Å². The van der Waals surface area contributed by atoms with E-state index in [1.165, 1.54) is 10.3 Å². The minimum Gasteiger partial charge on any atom is -0.491 e. The average molecular weight is 777 g/mol. The first-order valence-electron chi connectivity index (χ1n) is 19.3. The number of hydrogen-bond donors (Lipinski definition) is 1. The zero-order chi connectivity index (χ0) is 39.8. The van der Waals surface area contributed by atoms with Crippen molar-refractivity contribution in [3.05, 3.63) is 108 Å². The van der Waals surface area contributed by atoms with E-state index in [1.807, 2.05) is 61.9 Å². The summed E-state index contributed by atoms with van der Waals surface area (Å²) in [5.74, 6) is 7.00. The molecule has 1 N–H and O–H groups in total. The summed E-state index contributed by atoms with van der Waals surface area (Å²) in [5, 5.41) is 4.65. The van der Waals surface area contributed by atoms with E-state index in [0.29, 0.717) is 49.1 Å². The maximum absolute atomic E-state index is 12.9. The highest BCUT2D eigenvalue weighted by Gasteiger charge is 2.39. The number of rotatable bonds is 11. The number of aryl methyl sites for hydroxylation is 2. The standard InChI is InChI=1S/C45H40N6O7/c1-27-41(57-33-22-34(23-33)58-43-14-6-29(24-47-43)28-5-9-36-37-25-46-16-15-38(37)50(2)40(36)21-28)12-7-31(48-27)4-3-17-55-18-19-56-32-8-10-35-30(20-32)26-51(45(35)54)39-11-13-42(52)49-44(39)53/h5-10,12,14-16,20-21,24-25,33-34,39H,11,13,17-19,22-23,26H2,1-2H3,(H,49,52,53)/t33-,34-,39?. The molecule has 1 saturated heterocycles. The monoisotopic (exact) mass is 776 g/mol. The van der Waals surface area contributed by atoms with Crippen molar-refractivity contribution in [1.29, 1.82) is 0 Å². The van der Waals surface area contributed by atoms with Crippen LogP contribution >= 0.6 is 0 Å². The molecular formula is C45H40N6O7. The minimum absolute atomic E-state index is 0.0322. The predicted octanol–water partition coefficient (Wildman–Crippen LogP) is 5.69. The van der Waals surface area contributed by atoms with Crippen LogP contribution in [0.3, 0.4) is 0 Å². The van der Waals surface area contributed by atoms with E-state index in [2.05, 4.69) is 61.9 Å². The summed E-state index contributed by atoms with van der Waals surface area (Å²) < 4.78 is 26.0. The van der Waals surface area contributed by atoms with Gasteiger partial charge in [0.15, 0.2) is 0 Å². The summed E-state index contributed by atoms with van der Waals surface area (Å²) in [5.41, 5.74) is 7.13. The van der Waals surface area contributed by atoms with E-state index >= 15 is 0 Å². The number of pyridine rings is 3. The highest BCUT2D eigenvalue weighted by Crippen LogP contribution is 2.34. The summed E-state index contributed by atoms with van der Waals surface area (Å²) in [7, 11) is 2.08. The van der Waals surface area contributed by atoms with E-state index in [0.717, 1.165) is 57.4 Å². The van der Waals surface area contributed by atoms with Crippen LogP contribution in [0, 0.1) is 18.8 Å². The molecule has 4 aromatic heterocycles. The zero-order valence-electron chi connectivity index (χ0n) is 32.1. The molecule has 2 fully saturated rings. The topological polar surface area (TPSA) is 147 Å². The van der Waals surface area contributed by atoms with Gasteiger partial charge < -0.3 is 28.4 Å². The van der Waals surface area contributed by atoms with Crippen molar-refractivity contribution in [2.45, 2.75) is 57.4 Å². The number of nitrogens with one attached hydrogen (secondary N) is 1. The second-order valence-electron chi connectivity index (χ2n) is 14.7. The predicted molar refractivity (Wildman–Crippen MR) is 214 cm³/mol. The lowest BCUT2D eigenvalue weighted by Crippen LogP contribution is -2.52. The summed E-state index contributed by atoms with van der Waals surface area (Å²) in [4.78, 5) is 51.7. The smallest absolute Gasteiger partial charge is 0.255 e. The first-order chi connectivity index (χ1) is 28.3. The van der Waals surface area contributed by atoms with Crippen molar-refractivity contribution in [3.8, 4) is 40.3 Å². The van der Waals surface area contributed by atoms with Crippen molar-refractivity contribution < 1.29 is 33.3 Å². The molecule has 2 aliphatic heterocycles. The molecule has 1 saturated carbocycles. The molecule has 13 nitrogen and oxygen atoms in total. The molecule has 13 heteroatoms. The number of hydrogen-bond acceptors (Lipinski definition) is 10.